The van der Waals surface area contributed by atoms with Gasteiger partial charge in [0.2, 0.25) is 5.91 Å². The van der Waals surface area contributed by atoms with Crippen molar-refractivity contribution in [2.75, 3.05) is 26.4 Å². The molecular formula is C14H20N2O2. The highest BCUT2D eigenvalue weighted by Crippen LogP contribution is 2.22. The molecule has 18 heavy (non-hydrogen) atoms. The van der Waals surface area contributed by atoms with Crippen LogP contribution in [0.1, 0.15) is 12.0 Å². The molecule has 1 aromatic carbocycles. The van der Waals surface area contributed by atoms with Crippen LogP contribution in [0.5, 0.6) is 5.75 Å². The SMILES string of the molecule is C=CCc1cc(N)ccc1OCCC(=O)N(C)C. The molecule has 0 aliphatic heterocycles. The normalized spacial score (nSPS) is 9.89. The molecule has 0 spiro atoms. The summed E-state index contributed by atoms with van der Waals surface area (Å²) in [5.41, 5.74) is 7.41. The number of ether oxygens (including phenoxy) is 1. The summed E-state index contributed by atoms with van der Waals surface area (Å²) < 4.78 is 5.61. The van der Waals surface area contributed by atoms with E-state index in [1.165, 1.54) is 0 Å². The molecule has 0 heterocycles. The van der Waals surface area contributed by atoms with Crippen LogP contribution in [0.3, 0.4) is 0 Å². The average molecular weight is 248 g/mol. The maximum absolute atomic E-state index is 11.4. The number of nitrogens with two attached hydrogens (primary N) is 1. The van der Waals surface area contributed by atoms with Gasteiger partial charge in [-0.3, -0.25) is 4.79 Å². The Hall–Kier alpha value is -1.97. The van der Waals surface area contributed by atoms with Gasteiger partial charge >= 0.3 is 0 Å². The molecule has 0 unspecified atom stereocenters. The van der Waals surface area contributed by atoms with Gasteiger partial charge in [-0.05, 0) is 30.2 Å². The summed E-state index contributed by atoms with van der Waals surface area (Å²) in [4.78, 5) is 13.0. The van der Waals surface area contributed by atoms with Crippen LogP contribution in [0.2, 0.25) is 0 Å². The molecule has 1 rings (SSSR count). The largest absolute Gasteiger partial charge is 0.493 e. The van der Waals surface area contributed by atoms with Crippen molar-refractivity contribution in [3.05, 3.63) is 36.4 Å². The van der Waals surface area contributed by atoms with E-state index in [9.17, 15) is 4.79 Å². The molecular weight excluding hydrogens is 228 g/mol. The minimum Gasteiger partial charge on any atom is -0.493 e. The van der Waals surface area contributed by atoms with Gasteiger partial charge < -0.3 is 15.4 Å². The second kappa shape index (κ2) is 6.69. The van der Waals surface area contributed by atoms with Crippen LogP contribution in [0.4, 0.5) is 5.69 Å². The summed E-state index contributed by atoms with van der Waals surface area (Å²) in [7, 11) is 3.46. The Kier molecular flexibility index (Phi) is 5.24. The smallest absolute Gasteiger partial charge is 0.225 e. The summed E-state index contributed by atoms with van der Waals surface area (Å²) in [6.45, 7) is 4.07. The molecule has 4 heteroatoms. The van der Waals surface area contributed by atoms with Crippen LogP contribution in [0, 0.1) is 0 Å². The second-order valence-electron chi connectivity index (χ2n) is 4.25. The van der Waals surface area contributed by atoms with Gasteiger partial charge in [-0.25, -0.2) is 0 Å². The van der Waals surface area contributed by atoms with Crippen molar-refractivity contribution in [2.45, 2.75) is 12.8 Å². The van der Waals surface area contributed by atoms with E-state index in [4.69, 9.17) is 10.5 Å². The van der Waals surface area contributed by atoms with Gasteiger partial charge in [0, 0.05) is 19.8 Å². The molecule has 0 fully saturated rings. The Morgan fingerprint density at radius 3 is 2.83 bits per heavy atom. The highest BCUT2D eigenvalue weighted by Gasteiger charge is 2.06. The summed E-state index contributed by atoms with van der Waals surface area (Å²) >= 11 is 0. The molecule has 98 valence electrons. The molecule has 0 saturated carbocycles. The van der Waals surface area contributed by atoms with E-state index in [0.29, 0.717) is 25.1 Å². The third-order valence-electron chi connectivity index (χ3n) is 2.52. The highest BCUT2D eigenvalue weighted by molar-refractivity contribution is 5.75. The fraction of sp³-hybridized carbons (Fsp3) is 0.357. The third kappa shape index (κ3) is 4.13. The summed E-state index contributed by atoms with van der Waals surface area (Å²) in [5.74, 6) is 0.811. The number of benzene rings is 1. The predicted molar refractivity (Wildman–Crippen MR) is 73.6 cm³/mol. The number of allylic oxidation sites excluding steroid dienone is 1. The Morgan fingerprint density at radius 1 is 1.50 bits per heavy atom. The average Bonchev–Trinajstić information content (AvgIpc) is 2.32. The lowest BCUT2D eigenvalue weighted by Crippen LogP contribution is -2.23. The first-order valence-electron chi connectivity index (χ1n) is 5.87. The van der Waals surface area contributed by atoms with E-state index in [-0.39, 0.29) is 5.91 Å². The van der Waals surface area contributed by atoms with Crippen molar-refractivity contribution in [2.24, 2.45) is 0 Å². The number of nitrogens with zero attached hydrogens (tertiary/aromatic N) is 1. The fourth-order valence-electron chi connectivity index (χ4n) is 1.53. The monoisotopic (exact) mass is 248 g/mol. The number of hydrogen-bond acceptors (Lipinski definition) is 3. The first-order chi connectivity index (χ1) is 8.54. The molecule has 0 radical (unpaired) electrons. The third-order valence-corrected chi connectivity index (χ3v) is 2.52. The standard InChI is InChI=1S/C14H20N2O2/c1-4-5-11-10-12(15)6-7-13(11)18-9-8-14(17)16(2)3/h4,6-7,10H,1,5,8-9,15H2,2-3H3. The molecule has 2 N–H and O–H groups in total. The predicted octanol–water partition coefficient (Wildman–Crippen LogP) is 1.85. The molecule has 0 aliphatic rings. The van der Waals surface area contributed by atoms with E-state index in [0.717, 1.165) is 11.3 Å². The van der Waals surface area contributed by atoms with Crippen LogP contribution < -0.4 is 10.5 Å². The first-order valence-corrected chi connectivity index (χ1v) is 5.87. The van der Waals surface area contributed by atoms with Gasteiger partial charge in [0.05, 0.1) is 13.0 Å². The zero-order chi connectivity index (χ0) is 13.5. The topological polar surface area (TPSA) is 55.6 Å². The van der Waals surface area contributed by atoms with Crippen molar-refractivity contribution < 1.29 is 9.53 Å². The number of hydrogen-bond donors (Lipinski definition) is 1. The van der Waals surface area contributed by atoms with Crippen molar-refractivity contribution in [1.82, 2.24) is 4.90 Å². The first kappa shape index (κ1) is 14.1. The number of carbonyl (C=O) groups excluding carboxylic acids is 1. The van der Waals surface area contributed by atoms with E-state index in [1.807, 2.05) is 12.1 Å². The van der Waals surface area contributed by atoms with E-state index in [1.54, 1.807) is 31.1 Å². The number of rotatable bonds is 6. The number of amides is 1. The maximum atomic E-state index is 11.4. The molecule has 1 aromatic rings. The minimum absolute atomic E-state index is 0.0516. The molecule has 0 aromatic heterocycles. The minimum atomic E-state index is 0.0516. The van der Waals surface area contributed by atoms with E-state index < -0.39 is 0 Å². The Labute approximate surface area is 108 Å². The number of nitrogen functional groups attached to an aromatic ring is 1. The quantitative estimate of drug-likeness (QED) is 0.617. The Bertz CT molecular complexity index is 428. The van der Waals surface area contributed by atoms with Gasteiger partial charge in [-0.1, -0.05) is 6.08 Å². The Balaban J connectivity index is 2.61. The molecule has 0 atom stereocenters. The van der Waals surface area contributed by atoms with E-state index in [2.05, 4.69) is 6.58 Å². The van der Waals surface area contributed by atoms with Gasteiger partial charge in [-0.15, -0.1) is 6.58 Å². The maximum Gasteiger partial charge on any atom is 0.225 e. The van der Waals surface area contributed by atoms with Crippen LogP contribution >= 0.6 is 0 Å². The zero-order valence-electron chi connectivity index (χ0n) is 11.0. The van der Waals surface area contributed by atoms with Crippen molar-refractivity contribution in [1.29, 1.82) is 0 Å². The van der Waals surface area contributed by atoms with Crippen molar-refractivity contribution in [3.63, 3.8) is 0 Å². The lowest BCUT2D eigenvalue weighted by molar-refractivity contribution is -0.129. The van der Waals surface area contributed by atoms with Crippen molar-refractivity contribution in [3.8, 4) is 5.75 Å². The Morgan fingerprint density at radius 2 is 2.22 bits per heavy atom. The van der Waals surface area contributed by atoms with E-state index >= 15 is 0 Å². The van der Waals surface area contributed by atoms with Crippen molar-refractivity contribution >= 4 is 11.6 Å². The molecule has 1 amide bonds. The summed E-state index contributed by atoms with van der Waals surface area (Å²) in [6, 6.07) is 5.48. The lowest BCUT2D eigenvalue weighted by Gasteiger charge is -2.13. The number of anilines is 1. The van der Waals surface area contributed by atoms with Crippen LogP contribution in [0.15, 0.2) is 30.9 Å². The van der Waals surface area contributed by atoms with Gasteiger partial charge in [0.15, 0.2) is 0 Å². The fourth-order valence-corrected chi connectivity index (χ4v) is 1.53. The molecule has 0 aliphatic carbocycles. The molecule has 0 saturated heterocycles. The highest BCUT2D eigenvalue weighted by atomic mass is 16.5. The zero-order valence-corrected chi connectivity index (χ0v) is 11.0. The van der Waals surface area contributed by atoms with Gasteiger partial charge in [0.1, 0.15) is 5.75 Å². The molecule has 0 bridgehead atoms. The second-order valence-corrected chi connectivity index (χ2v) is 4.25. The van der Waals surface area contributed by atoms with Crippen LogP contribution in [0.25, 0.3) is 0 Å². The van der Waals surface area contributed by atoms with Gasteiger partial charge in [0.25, 0.3) is 0 Å². The van der Waals surface area contributed by atoms with Gasteiger partial charge in [-0.2, -0.15) is 0 Å². The van der Waals surface area contributed by atoms with Crippen LogP contribution in [-0.2, 0) is 11.2 Å². The summed E-state index contributed by atoms with van der Waals surface area (Å²) in [6.07, 6.45) is 2.86. The van der Waals surface area contributed by atoms with Crippen LogP contribution in [-0.4, -0.2) is 31.5 Å². The molecule has 4 nitrogen and oxygen atoms in total. The number of carbonyl (C=O) groups is 1. The summed E-state index contributed by atoms with van der Waals surface area (Å²) in [5, 5.41) is 0. The lowest BCUT2D eigenvalue weighted by atomic mass is 10.1.